The van der Waals surface area contributed by atoms with Crippen molar-refractivity contribution in [2.24, 2.45) is 11.8 Å². The fraction of sp³-hybridized carbons (Fsp3) is 0.625. The summed E-state index contributed by atoms with van der Waals surface area (Å²) in [7, 11) is 1.71. The minimum absolute atomic E-state index is 0.573. The van der Waals surface area contributed by atoms with Crippen LogP contribution in [0.3, 0.4) is 0 Å². The van der Waals surface area contributed by atoms with Crippen LogP contribution >= 0.6 is 11.6 Å². The number of hydrogen-bond acceptors (Lipinski definition) is 1. The summed E-state index contributed by atoms with van der Waals surface area (Å²) in [5.74, 6) is 3.06. The first-order valence-corrected chi connectivity index (χ1v) is 7.45. The van der Waals surface area contributed by atoms with E-state index in [1.54, 1.807) is 7.11 Å². The van der Waals surface area contributed by atoms with E-state index in [9.17, 15) is 0 Å². The number of halogens is 1. The Morgan fingerprint density at radius 2 is 1.89 bits per heavy atom. The average Bonchev–Trinajstić information content (AvgIpc) is 2.43. The maximum Gasteiger partial charge on any atom is 0.119 e. The van der Waals surface area contributed by atoms with E-state index >= 15 is 0 Å². The number of methoxy groups -OCH3 is 1. The smallest absolute Gasteiger partial charge is 0.119 e. The highest BCUT2D eigenvalue weighted by atomic mass is 35.5. The van der Waals surface area contributed by atoms with Gasteiger partial charge in [-0.15, -0.1) is 11.6 Å². The van der Waals surface area contributed by atoms with Crippen LogP contribution in [0.5, 0.6) is 5.75 Å². The molecule has 0 aromatic heterocycles. The quantitative estimate of drug-likeness (QED) is 0.608. The van der Waals surface area contributed by atoms with Crippen LogP contribution in [0, 0.1) is 11.8 Å². The first-order valence-electron chi connectivity index (χ1n) is 6.92. The highest BCUT2D eigenvalue weighted by Crippen LogP contribution is 2.24. The first-order chi connectivity index (χ1) is 8.73. The fourth-order valence-electron chi connectivity index (χ4n) is 2.43. The lowest BCUT2D eigenvalue weighted by atomic mass is 9.88. The van der Waals surface area contributed by atoms with Crippen molar-refractivity contribution in [1.29, 1.82) is 0 Å². The van der Waals surface area contributed by atoms with Crippen LogP contribution in [0.2, 0.25) is 0 Å². The molecule has 0 amide bonds. The number of rotatable bonds is 8. The van der Waals surface area contributed by atoms with E-state index in [1.807, 2.05) is 6.07 Å². The SMILES string of the molecule is CCC(CC)CC(CCl)Cc1cccc(OC)c1. The summed E-state index contributed by atoms with van der Waals surface area (Å²) in [6.07, 6.45) is 4.79. The second-order valence-corrected chi connectivity index (χ2v) is 5.30. The third-order valence-corrected chi connectivity index (χ3v) is 4.13. The van der Waals surface area contributed by atoms with Crippen LogP contribution in [0.15, 0.2) is 24.3 Å². The van der Waals surface area contributed by atoms with Gasteiger partial charge in [-0.3, -0.25) is 0 Å². The lowest BCUT2D eigenvalue weighted by Crippen LogP contribution is -2.12. The van der Waals surface area contributed by atoms with Crippen molar-refractivity contribution < 1.29 is 4.74 Å². The van der Waals surface area contributed by atoms with Gasteiger partial charge in [0.2, 0.25) is 0 Å². The Balaban J connectivity index is 2.61. The Morgan fingerprint density at radius 1 is 1.17 bits per heavy atom. The molecular weight excluding hydrogens is 244 g/mol. The Bertz CT molecular complexity index is 334. The molecule has 0 saturated heterocycles. The summed E-state index contributed by atoms with van der Waals surface area (Å²) in [6, 6.07) is 8.32. The summed E-state index contributed by atoms with van der Waals surface area (Å²) in [4.78, 5) is 0. The molecule has 0 saturated carbocycles. The largest absolute Gasteiger partial charge is 0.497 e. The van der Waals surface area contributed by atoms with Gasteiger partial charge in [-0.1, -0.05) is 38.8 Å². The van der Waals surface area contributed by atoms with Gasteiger partial charge in [0, 0.05) is 5.88 Å². The Hall–Kier alpha value is -0.690. The van der Waals surface area contributed by atoms with Crippen molar-refractivity contribution in [2.45, 2.75) is 39.5 Å². The van der Waals surface area contributed by atoms with Gasteiger partial charge in [-0.05, 0) is 42.4 Å². The standard InChI is InChI=1S/C16H25ClO/c1-4-13(5-2)9-15(12-17)10-14-7-6-8-16(11-14)18-3/h6-8,11,13,15H,4-5,9-10,12H2,1-3H3. The van der Waals surface area contributed by atoms with Crippen molar-refractivity contribution in [1.82, 2.24) is 0 Å². The first kappa shape index (κ1) is 15.4. The third kappa shape index (κ3) is 4.89. The van der Waals surface area contributed by atoms with Crippen LogP contribution in [0.25, 0.3) is 0 Å². The molecule has 1 nitrogen and oxygen atoms in total. The maximum atomic E-state index is 6.12. The third-order valence-electron chi connectivity index (χ3n) is 3.70. The summed E-state index contributed by atoms with van der Waals surface area (Å²) < 4.78 is 5.26. The Kier molecular flexibility index (Phi) is 7.19. The summed E-state index contributed by atoms with van der Waals surface area (Å²) in [5, 5.41) is 0. The molecule has 18 heavy (non-hydrogen) atoms. The molecule has 0 spiro atoms. The van der Waals surface area contributed by atoms with E-state index < -0.39 is 0 Å². The van der Waals surface area contributed by atoms with Crippen molar-refractivity contribution in [3.05, 3.63) is 29.8 Å². The van der Waals surface area contributed by atoms with Crippen molar-refractivity contribution in [2.75, 3.05) is 13.0 Å². The minimum Gasteiger partial charge on any atom is -0.497 e. The topological polar surface area (TPSA) is 9.23 Å². The highest BCUT2D eigenvalue weighted by Gasteiger charge is 2.14. The Morgan fingerprint density at radius 3 is 2.44 bits per heavy atom. The van der Waals surface area contributed by atoms with E-state index in [4.69, 9.17) is 16.3 Å². The van der Waals surface area contributed by atoms with Crippen LogP contribution in [-0.4, -0.2) is 13.0 Å². The van der Waals surface area contributed by atoms with E-state index in [0.717, 1.165) is 24.0 Å². The van der Waals surface area contributed by atoms with Crippen molar-refractivity contribution >= 4 is 11.6 Å². The maximum absolute atomic E-state index is 6.12. The second-order valence-electron chi connectivity index (χ2n) is 4.99. The predicted octanol–water partition coefficient (Wildman–Crippen LogP) is 4.92. The molecule has 1 aromatic rings. The summed E-state index contributed by atoms with van der Waals surface area (Å²) in [5.41, 5.74) is 1.32. The summed E-state index contributed by atoms with van der Waals surface area (Å²) in [6.45, 7) is 4.54. The molecule has 0 fully saturated rings. The van der Waals surface area contributed by atoms with Gasteiger partial charge in [0.1, 0.15) is 5.75 Å². The van der Waals surface area contributed by atoms with Crippen LogP contribution in [0.4, 0.5) is 0 Å². The molecule has 1 unspecified atom stereocenters. The van der Waals surface area contributed by atoms with Gasteiger partial charge in [-0.2, -0.15) is 0 Å². The molecule has 0 aliphatic rings. The van der Waals surface area contributed by atoms with Gasteiger partial charge in [0.15, 0.2) is 0 Å². The van der Waals surface area contributed by atoms with Crippen LogP contribution < -0.4 is 4.74 Å². The molecule has 1 rings (SSSR count). The van der Waals surface area contributed by atoms with Gasteiger partial charge >= 0.3 is 0 Å². The van der Waals surface area contributed by atoms with Crippen molar-refractivity contribution in [3.63, 3.8) is 0 Å². The molecule has 102 valence electrons. The lowest BCUT2D eigenvalue weighted by Gasteiger charge is -2.20. The molecule has 0 bridgehead atoms. The van der Waals surface area contributed by atoms with Gasteiger partial charge in [0.25, 0.3) is 0 Å². The molecule has 0 aliphatic carbocycles. The van der Waals surface area contributed by atoms with E-state index in [1.165, 1.54) is 24.8 Å². The number of ether oxygens (including phenoxy) is 1. The van der Waals surface area contributed by atoms with Gasteiger partial charge < -0.3 is 4.74 Å². The molecule has 0 radical (unpaired) electrons. The molecular formula is C16H25ClO. The lowest BCUT2D eigenvalue weighted by molar-refractivity contribution is 0.371. The monoisotopic (exact) mass is 268 g/mol. The number of hydrogen-bond donors (Lipinski definition) is 0. The zero-order valence-corrected chi connectivity index (χ0v) is 12.5. The van der Waals surface area contributed by atoms with E-state index in [0.29, 0.717) is 5.92 Å². The molecule has 2 heteroatoms. The van der Waals surface area contributed by atoms with Crippen molar-refractivity contribution in [3.8, 4) is 5.75 Å². The zero-order valence-electron chi connectivity index (χ0n) is 11.8. The predicted molar refractivity (Wildman–Crippen MR) is 79.6 cm³/mol. The Labute approximate surface area is 116 Å². The zero-order chi connectivity index (χ0) is 13.4. The molecule has 1 aromatic carbocycles. The normalized spacial score (nSPS) is 12.7. The van der Waals surface area contributed by atoms with Gasteiger partial charge in [0.05, 0.1) is 7.11 Å². The van der Waals surface area contributed by atoms with E-state index in [-0.39, 0.29) is 0 Å². The average molecular weight is 269 g/mol. The van der Waals surface area contributed by atoms with Gasteiger partial charge in [-0.25, -0.2) is 0 Å². The van der Waals surface area contributed by atoms with Crippen LogP contribution in [0.1, 0.15) is 38.7 Å². The second kappa shape index (κ2) is 8.42. The minimum atomic E-state index is 0.573. The molecule has 0 N–H and O–H groups in total. The number of alkyl halides is 1. The number of benzene rings is 1. The molecule has 1 atom stereocenters. The molecule has 0 aliphatic heterocycles. The van der Waals surface area contributed by atoms with Crippen LogP contribution in [-0.2, 0) is 6.42 Å². The summed E-state index contributed by atoms with van der Waals surface area (Å²) >= 11 is 6.12. The fourth-order valence-corrected chi connectivity index (χ4v) is 2.66. The van der Waals surface area contributed by atoms with E-state index in [2.05, 4.69) is 32.0 Å². The highest BCUT2D eigenvalue weighted by molar-refractivity contribution is 6.18. The molecule has 0 heterocycles.